The van der Waals surface area contributed by atoms with Crippen molar-refractivity contribution in [2.45, 2.75) is 89.1 Å². The molecule has 20 heavy (non-hydrogen) atoms. The van der Waals surface area contributed by atoms with E-state index < -0.39 is 7.14 Å². The van der Waals surface area contributed by atoms with Gasteiger partial charge in [0.1, 0.15) is 7.14 Å². The van der Waals surface area contributed by atoms with E-state index in [2.05, 4.69) is 12.2 Å². The molecule has 0 aromatic rings. The Labute approximate surface area is 124 Å². The second-order valence-corrected chi connectivity index (χ2v) is 10.0. The maximum Gasteiger partial charge on any atom is 0.137 e. The van der Waals surface area contributed by atoms with Gasteiger partial charge in [0, 0.05) is 5.66 Å². The minimum Gasteiger partial charge on any atom is -0.314 e. The fourth-order valence-corrected chi connectivity index (χ4v) is 8.52. The zero-order valence-corrected chi connectivity index (χ0v) is 13.7. The predicted molar refractivity (Wildman–Crippen MR) is 87.6 cm³/mol. The second kappa shape index (κ2) is 6.65. The summed E-state index contributed by atoms with van der Waals surface area (Å²) in [6, 6.07) is 0. The van der Waals surface area contributed by atoms with E-state index in [9.17, 15) is 4.57 Å². The molecule has 3 aliphatic carbocycles. The van der Waals surface area contributed by atoms with E-state index in [1.807, 2.05) is 0 Å². The first-order valence-electron chi connectivity index (χ1n) is 8.81. The Bertz CT molecular complexity index is 410. The lowest BCUT2D eigenvalue weighted by molar-refractivity contribution is 0.484. The van der Waals surface area contributed by atoms with Crippen molar-refractivity contribution in [3.8, 4) is 0 Å². The third kappa shape index (κ3) is 2.84. The molecule has 0 aromatic heterocycles. The van der Waals surface area contributed by atoms with Gasteiger partial charge >= 0.3 is 0 Å². The highest BCUT2D eigenvalue weighted by atomic mass is 31.2. The van der Waals surface area contributed by atoms with E-state index in [1.54, 1.807) is 0 Å². The molecule has 0 bridgehead atoms. The summed E-state index contributed by atoms with van der Waals surface area (Å²) in [6.45, 7) is 0. The highest BCUT2D eigenvalue weighted by molar-refractivity contribution is 7.72. The standard InChI is InChI=1S/C18H29OP/c19-20(16-10-4-1-5-11-16,17-12-6-2-7-13-17)18-14-8-3-9-15-18/h10,12,18H,1-9,11,13-15H2. The molecule has 0 amide bonds. The van der Waals surface area contributed by atoms with Crippen LogP contribution in [0, 0.1) is 0 Å². The van der Waals surface area contributed by atoms with Crippen LogP contribution in [0.2, 0.25) is 0 Å². The van der Waals surface area contributed by atoms with Crippen molar-refractivity contribution in [3.05, 3.63) is 22.8 Å². The number of rotatable bonds is 3. The van der Waals surface area contributed by atoms with Crippen molar-refractivity contribution in [2.24, 2.45) is 0 Å². The lowest BCUT2D eigenvalue weighted by Gasteiger charge is -2.36. The highest BCUT2D eigenvalue weighted by Gasteiger charge is 2.40. The molecule has 1 saturated carbocycles. The topological polar surface area (TPSA) is 17.1 Å². The van der Waals surface area contributed by atoms with Gasteiger partial charge in [-0.1, -0.05) is 31.4 Å². The van der Waals surface area contributed by atoms with Gasteiger partial charge in [-0.05, 0) is 74.8 Å². The van der Waals surface area contributed by atoms with Gasteiger partial charge in [-0.15, -0.1) is 0 Å². The van der Waals surface area contributed by atoms with E-state index in [0.29, 0.717) is 5.66 Å². The molecular weight excluding hydrogens is 263 g/mol. The Kier molecular flexibility index (Phi) is 4.87. The smallest absolute Gasteiger partial charge is 0.137 e. The summed E-state index contributed by atoms with van der Waals surface area (Å²) >= 11 is 0. The zero-order chi connectivity index (χ0) is 13.8. The molecule has 3 rings (SSSR count). The Balaban J connectivity index is 1.94. The summed E-state index contributed by atoms with van der Waals surface area (Å²) in [5, 5.41) is 2.76. The van der Waals surface area contributed by atoms with Gasteiger partial charge in [0.05, 0.1) is 0 Å². The van der Waals surface area contributed by atoms with E-state index in [0.717, 1.165) is 12.8 Å². The monoisotopic (exact) mass is 292 g/mol. The minimum absolute atomic E-state index is 0.491. The second-order valence-electron chi connectivity index (χ2n) is 6.83. The molecule has 2 heteroatoms. The predicted octanol–water partition coefficient (Wildman–Crippen LogP) is 6.60. The Morgan fingerprint density at radius 2 is 1.30 bits per heavy atom. The van der Waals surface area contributed by atoms with Crippen molar-refractivity contribution in [3.63, 3.8) is 0 Å². The number of hydrogen-bond donors (Lipinski definition) is 0. The zero-order valence-electron chi connectivity index (χ0n) is 12.8. The van der Waals surface area contributed by atoms with E-state index in [1.165, 1.54) is 81.3 Å². The van der Waals surface area contributed by atoms with Crippen LogP contribution in [0.4, 0.5) is 0 Å². The summed E-state index contributed by atoms with van der Waals surface area (Å²) < 4.78 is 14.1. The van der Waals surface area contributed by atoms with Crippen molar-refractivity contribution >= 4 is 7.14 Å². The van der Waals surface area contributed by atoms with Crippen LogP contribution in [0.15, 0.2) is 22.8 Å². The van der Waals surface area contributed by atoms with Crippen LogP contribution in [0.3, 0.4) is 0 Å². The average molecular weight is 292 g/mol. The van der Waals surface area contributed by atoms with Gasteiger partial charge in [0.25, 0.3) is 0 Å². The van der Waals surface area contributed by atoms with Gasteiger partial charge in [-0.25, -0.2) is 0 Å². The minimum atomic E-state index is -2.22. The van der Waals surface area contributed by atoms with Crippen molar-refractivity contribution < 1.29 is 4.57 Å². The Morgan fingerprint density at radius 1 is 0.750 bits per heavy atom. The quantitative estimate of drug-likeness (QED) is 0.536. The molecule has 0 spiro atoms. The van der Waals surface area contributed by atoms with E-state index in [4.69, 9.17) is 0 Å². The van der Waals surface area contributed by atoms with Crippen LogP contribution < -0.4 is 0 Å². The first-order chi connectivity index (χ1) is 9.82. The average Bonchev–Trinajstić information content (AvgIpc) is 2.56. The van der Waals surface area contributed by atoms with Gasteiger partial charge in [0.15, 0.2) is 0 Å². The Hall–Kier alpha value is -0.290. The summed E-state index contributed by atoms with van der Waals surface area (Å²) in [7, 11) is -2.22. The van der Waals surface area contributed by atoms with E-state index in [-0.39, 0.29) is 0 Å². The highest BCUT2D eigenvalue weighted by Crippen LogP contribution is 2.70. The van der Waals surface area contributed by atoms with Crippen LogP contribution >= 0.6 is 7.14 Å². The maximum absolute atomic E-state index is 14.1. The SMILES string of the molecule is O=P(C1=CCCCC1)(C1=CCCCC1)C1CCCCC1. The summed E-state index contributed by atoms with van der Waals surface area (Å²) in [4.78, 5) is 0. The molecule has 1 nitrogen and oxygen atoms in total. The summed E-state index contributed by atoms with van der Waals surface area (Å²) in [6.07, 6.45) is 20.8. The molecule has 3 aliphatic rings. The lowest BCUT2D eigenvalue weighted by atomic mass is 10.0. The molecular formula is C18H29OP. The first kappa shape index (κ1) is 14.6. The molecule has 1 fully saturated rings. The van der Waals surface area contributed by atoms with Crippen LogP contribution in [0.25, 0.3) is 0 Å². The third-order valence-electron chi connectivity index (χ3n) is 5.48. The molecule has 0 unspecified atom stereocenters. The first-order valence-corrected chi connectivity index (χ1v) is 10.6. The lowest BCUT2D eigenvalue weighted by Crippen LogP contribution is -2.17. The third-order valence-corrected chi connectivity index (χ3v) is 9.54. The molecule has 0 aliphatic heterocycles. The fraction of sp³-hybridized carbons (Fsp3) is 0.778. The van der Waals surface area contributed by atoms with Gasteiger partial charge in [-0.2, -0.15) is 0 Å². The molecule has 0 saturated heterocycles. The van der Waals surface area contributed by atoms with Gasteiger partial charge in [0.2, 0.25) is 0 Å². The van der Waals surface area contributed by atoms with Crippen molar-refractivity contribution in [1.29, 1.82) is 0 Å². The molecule has 0 aromatic carbocycles. The maximum atomic E-state index is 14.1. The number of allylic oxidation sites excluding steroid dienone is 4. The van der Waals surface area contributed by atoms with Gasteiger partial charge in [-0.3, -0.25) is 0 Å². The van der Waals surface area contributed by atoms with Crippen LogP contribution in [-0.4, -0.2) is 5.66 Å². The number of hydrogen-bond acceptors (Lipinski definition) is 1. The molecule has 0 N–H and O–H groups in total. The van der Waals surface area contributed by atoms with Crippen LogP contribution in [-0.2, 0) is 4.57 Å². The molecule has 112 valence electrons. The summed E-state index contributed by atoms with van der Waals surface area (Å²) in [5.41, 5.74) is 0.491. The summed E-state index contributed by atoms with van der Waals surface area (Å²) in [5.74, 6) is 0. The molecule has 0 heterocycles. The van der Waals surface area contributed by atoms with Crippen LogP contribution in [0.5, 0.6) is 0 Å². The normalized spacial score (nSPS) is 26.0. The molecule has 0 atom stereocenters. The van der Waals surface area contributed by atoms with Crippen molar-refractivity contribution in [1.82, 2.24) is 0 Å². The Morgan fingerprint density at radius 3 is 1.75 bits per heavy atom. The molecule has 0 radical (unpaired) electrons. The largest absolute Gasteiger partial charge is 0.314 e. The fourth-order valence-electron chi connectivity index (χ4n) is 4.34. The van der Waals surface area contributed by atoms with Crippen molar-refractivity contribution in [2.75, 3.05) is 0 Å². The van der Waals surface area contributed by atoms with E-state index >= 15 is 0 Å². The van der Waals surface area contributed by atoms with Crippen LogP contribution in [0.1, 0.15) is 83.5 Å². The van der Waals surface area contributed by atoms with Gasteiger partial charge < -0.3 is 4.57 Å².